The SMILES string of the molecule is CC(C)(C)c1cc2c3c(c4cc(C(C)(C)C)cc5c6c(c(c1)c2c54)C(C)(C)c1cc(Oc2ccccc2)ccc1-6)C(C)(C)c1cc(Oc2ccccc2)ccc1-3. The predicted octanol–water partition coefficient (Wildman–Crippen LogP) is 15.4. The van der Waals surface area contributed by atoms with Gasteiger partial charge in [0.25, 0.3) is 0 Å². The van der Waals surface area contributed by atoms with E-state index in [0.29, 0.717) is 0 Å². The van der Waals surface area contributed by atoms with E-state index in [1.165, 1.54) is 88.0 Å². The zero-order chi connectivity index (χ0) is 39.1. The Morgan fingerprint density at radius 2 is 0.750 bits per heavy atom. The minimum atomic E-state index is -0.272. The molecule has 0 aliphatic heterocycles. The molecule has 0 saturated carbocycles. The summed E-state index contributed by atoms with van der Waals surface area (Å²) in [6.45, 7) is 23.8. The maximum Gasteiger partial charge on any atom is 0.127 e. The van der Waals surface area contributed by atoms with Crippen molar-refractivity contribution in [3.05, 3.63) is 155 Å². The van der Waals surface area contributed by atoms with Crippen LogP contribution in [0.3, 0.4) is 0 Å². The molecule has 0 N–H and O–H groups in total. The highest BCUT2D eigenvalue weighted by Gasteiger charge is 2.44. The molecule has 0 radical (unpaired) electrons. The van der Waals surface area contributed by atoms with Crippen molar-refractivity contribution in [3.8, 4) is 45.3 Å². The third-order valence-electron chi connectivity index (χ3n) is 12.9. The highest BCUT2D eigenvalue weighted by atomic mass is 16.5. The second-order valence-electron chi connectivity index (χ2n) is 19.4. The first-order valence-electron chi connectivity index (χ1n) is 20.2. The summed E-state index contributed by atoms with van der Waals surface area (Å²) in [6.07, 6.45) is 0. The van der Waals surface area contributed by atoms with E-state index in [9.17, 15) is 0 Å². The zero-order valence-corrected chi connectivity index (χ0v) is 34.4. The van der Waals surface area contributed by atoms with Gasteiger partial charge in [-0.1, -0.05) is 130 Å². The third-order valence-corrected chi connectivity index (χ3v) is 12.9. The van der Waals surface area contributed by atoms with Crippen molar-refractivity contribution in [3.63, 3.8) is 0 Å². The molecule has 0 saturated heterocycles. The fourth-order valence-corrected chi connectivity index (χ4v) is 10.0. The van der Waals surface area contributed by atoms with Crippen molar-refractivity contribution in [2.24, 2.45) is 0 Å². The van der Waals surface area contributed by atoms with Gasteiger partial charge in [-0.05, 0) is 159 Å². The van der Waals surface area contributed by atoms with Gasteiger partial charge >= 0.3 is 0 Å². The summed E-state index contributed by atoms with van der Waals surface area (Å²) in [4.78, 5) is 0. The van der Waals surface area contributed by atoms with E-state index in [1.54, 1.807) is 0 Å². The van der Waals surface area contributed by atoms with Gasteiger partial charge in [0, 0.05) is 10.8 Å². The molecule has 2 nitrogen and oxygen atoms in total. The first kappa shape index (κ1) is 34.9. The van der Waals surface area contributed by atoms with Gasteiger partial charge in [0.15, 0.2) is 0 Å². The molecule has 0 bridgehead atoms. The normalized spacial score (nSPS) is 15.2. The molecule has 0 heterocycles. The minimum Gasteiger partial charge on any atom is -0.457 e. The van der Waals surface area contributed by atoms with Crippen molar-refractivity contribution < 1.29 is 9.47 Å². The lowest BCUT2D eigenvalue weighted by molar-refractivity contribution is 0.480. The van der Waals surface area contributed by atoms with E-state index < -0.39 is 0 Å². The summed E-state index contributed by atoms with van der Waals surface area (Å²) in [5.74, 6) is 3.44. The maximum atomic E-state index is 6.48. The van der Waals surface area contributed by atoms with Crippen LogP contribution < -0.4 is 9.47 Å². The molecule has 0 atom stereocenters. The molecule has 8 aromatic rings. The average Bonchev–Trinajstić information content (AvgIpc) is 3.54. The van der Waals surface area contributed by atoms with E-state index in [4.69, 9.17) is 9.47 Å². The molecule has 10 rings (SSSR count). The Kier molecular flexibility index (Phi) is 7.15. The van der Waals surface area contributed by atoms with Crippen LogP contribution in [0.15, 0.2) is 121 Å². The van der Waals surface area contributed by atoms with Crippen molar-refractivity contribution in [2.75, 3.05) is 0 Å². The molecule has 56 heavy (non-hydrogen) atoms. The summed E-state index contributed by atoms with van der Waals surface area (Å²) in [5.41, 5.74) is 12.9. The van der Waals surface area contributed by atoms with Gasteiger partial charge in [0.1, 0.15) is 23.0 Å². The van der Waals surface area contributed by atoms with Crippen LogP contribution in [-0.2, 0) is 21.7 Å². The van der Waals surface area contributed by atoms with Crippen LogP contribution in [0.2, 0.25) is 0 Å². The van der Waals surface area contributed by atoms with Crippen LogP contribution in [0, 0.1) is 0 Å². The third kappa shape index (κ3) is 4.94. The summed E-state index contributed by atoms with van der Waals surface area (Å²) >= 11 is 0. The summed E-state index contributed by atoms with van der Waals surface area (Å²) in [5, 5.41) is 8.22. The lowest BCUT2D eigenvalue weighted by Crippen LogP contribution is -2.19. The van der Waals surface area contributed by atoms with Crippen molar-refractivity contribution >= 4 is 32.3 Å². The monoisotopic (exact) mass is 730 g/mol. The highest BCUT2D eigenvalue weighted by molar-refractivity contribution is 6.33. The quantitative estimate of drug-likeness (QED) is 0.168. The first-order chi connectivity index (χ1) is 26.5. The highest BCUT2D eigenvalue weighted by Crippen LogP contribution is 2.62. The standard InChI is InChI=1S/C54H50O2/c1-51(2,3)31-25-39-45-41(27-31)49-48(38-24-22-36(30-44(38)53(49,7)8)56-34-19-15-12-16-20-34)40-26-32(52(4,5)6)28-42(46(40)45)50-47(39)37-23-21-35(29-43(37)54(50,9)10)55-33-17-13-11-14-18-33/h11-30H,1-10H3. The van der Waals surface area contributed by atoms with Crippen LogP contribution in [0.4, 0.5) is 0 Å². The number of benzene rings is 8. The van der Waals surface area contributed by atoms with Gasteiger partial charge in [0.05, 0.1) is 0 Å². The number of para-hydroxylation sites is 2. The van der Waals surface area contributed by atoms with Crippen molar-refractivity contribution in [2.45, 2.75) is 90.9 Å². The van der Waals surface area contributed by atoms with E-state index in [2.05, 4.69) is 130 Å². The van der Waals surface area contributed by atoms with Gasteiger partial charge in [0.2, 0.25) is 0 Å². The van der Waals surface area contributed by atoms with Crippen LogP contribution in [0.5, 0.6) is 23.0 Å². The van der Waals surface area contributed by atoms with Gasteiger partial charge in [-0.3, -0.25) is 0 Å². The lowest BCUT2D eigenvalue weighted by Gasteiger charge is -2.31. The Labute approximate surface area is 331 Å². The zero-order valence-electron chi connectivity index (χ0n) is 34.4. The Bertz CT molecular complexity index is 2700. The van der Waals surface area contributed by atoms with E-state index in [1.807, 2.05) is 60.7 Å². The number of hydrogen-bond acceptors (Lipinski definition) is 2. The Morgan fingerprint density at radius 1 is 0.393 bits per heavy atom. The van der Waals surface area contributed by atoms with Crippen LogP contribution >= 0.6 is 0 Å². The van der Waals surface area contributed by atoms with Gasteiger partial charge in [-0.25, -0.2) is 0 Å². The molecule has 0 amide bonds. The van der Waals surface area contributed by atoms with Gasteiger partial charge < -0.3 is 9.47 Å². The number of hydrogen-bond donors (Lipinski definition) is 0. The smallest absolute Gasteiger partial charge is 0.127 e. The number of fused-ring (bicyclic) bond motifs is 10. The molecule has 0 fully saturated rings. The molecule has 278 valence electrons. The molecule has 2 heteroatoms. The predicted molar refractivity (Wildman–Crippen MR) is 236 cm³/mol. The molecular weight excluding hydrogens is 681 g/mol. The van der Waals surface area contributed by atoms with Crippen LogP contribution in [-0.4, -0.2) is 0 Å². The summed E-state index contributed by atoms with van der Waals surface area (Å²) in [6, 6.07) is 44.0. The number of ether oxygens (including phenoxy) is 2. The van der Waals surface area contributed by atoms with Gasteiger partial charge in [-0.2, -0.15) is 0 Å². The van der Waals surface area contributed by atoms with Crippen molar-refractivity contribution in [1.82, 2.24) is 0 Å². The van der Waals surface area contributed by atoms with E-state index in [-0.39, 0.29) is 21.7 Å². The fourth-order valence-electron chi connectivity index (χ4n) is 10.0. The fraction of sp³-hybridized carbons (Fsp3) is 0.259. The molecule has 8 aromatic carbocycles. The Hall–Kier alpha value is -5.60. The molecule has 0 aromatic heterocycles. The molecule has 0 unspecified atom stereocenters. The molecule has 2 aliphatic rings. The average molecular weight is 731 g/mol. The van der Waals surface area contributed by atoms with Gasteiger partial charge in [-0.15, -0.1) is 0 Å². The second kappa shape index (κ2) is 11.5. The maximum absolute atomic E-state index is 6.48. The molecule has 0 spiro atoms. The second-order valence-corrected chi connectivity index (χ2v) is 19.4. The summed E-state index contributed by atoms with van der Waals surface area (Å²) < 4.78 is 13.0. The van der Waals surface area contributed by atoms with Crippen LogP contribution in [0.25, 0.3) is 54.6 Å². The lowest BCUT2D eigenvalue weighted by atomic mass is 9.72. The van der Waals surface area contributed by atoms with Crippen molar-refractivity contribution in [1.29, 1.82) is 0 Å². The molecule has 2 aliphatic carbocycles. The first-order valence-corrected chi connectivity index (χ1v) is 20.2. The topological polar surface area (TPSA) is 18.5 Å². The summed E-state index contributed by atoms with van der Waals surface area (Å²) in [7, 11) is 0. The Morgan fingerprint density at radius 3 is 1.11 bits per heavy atom. The Balaban J connectivity index is 1.33. The van der Waals surface area contributed by atoms with Crippen LogP contribution in [0.1, 0.15) is 103 Å². The molecular formula is C54H50O2. The van der Waals surface area contributed by atoms with E-state index in [0.717, 1.165) is 23.0 Å². The largest absolute Gasteiger partial charge is 0.457 e. The van der Waals surface area contributed by atoms with E-state index >= 15 is 0 Å². The minimum absolute atomic E-state index is 0.0553. The number of rotatable bonds is 4.